The lowest BCUT2D eigenvalue weighted by atomic mass is 10.1. The molecule has 16 heteroatoms. The molecule has 0 saturated carbocycles. The molecule has 8 aromatic rings. The summed E-state index contributed by atoms with van der Waals surface area (Å²) >= 11 is 5.10. The van der Waals surface area contributed by atoms with Gasteiger partial charge >= 0.3 is 0 Å². The number of nitrogens with zero attached hydrogens (tertiary/aromatic N) is 11. The van der Waals surface area contributed by atoms with Gasteiger partial charge in [-0.25, -0.2) is 49.8 Å². The molecule has 0 radical (unpaired) electrons. The fraction of sp³-hybridized carbons (Fsp3) is 0.609. The van der Waals surface area contributed by atoms with Gasteiger partial charge < -0.3 is 8.83 Å². The van der Waals surface area contributed by atoms with E-state index in [1.54, 1.807) is 83.9 Å². The number of rotatable bonds is 8. The molecule has 0 N–H and O–H groups in total. The van der Waals surface area contributed by atoms with Crippen molar-refractivity contribution in [1.29, 1.82) is 0 Å². The van der Waals surface area contributed by atoms with Crippen molar-refractivity contribution in [2.75, 3.05) is 0 Å². The molecule has 0 fully saturated rings. The molecule has 0 bridgehead atoms. The third-order valence-corrected chi connectivity index (χ3v) is 11.3. The molecule has 0 aliphatic rings. The molecule has 85 heavy (non-hydrogen) atoms. The van der Waals surface area contributed by atoms with E-state index in [0.717, 1.165) is 23.2 Å². The van der Waals surface area contributed by atoms with E-state index in [1.807, 2.05) is 178 Å². The van der Waals surface area contributed by atoms with Crippen molar-refractivity contribution in [1.82, 2.24) is 54.8 Å². The van der Waals surface area contributed by atoms with Crippen LogP contribution in [0.4, 0.5) is 0 Å². The summed E-state index contributed by atoms with van der Waals surface area (Å²) in [5, 5.41) is 5.32. The van der Waals surface area contributed by atoms with Gasteiger partial charge in [0.05, 0.1) is 34.1 Å². The van der Waals surface area contributed by atoms with Gasteiger partial charge in [-0.15, -0.1) is 34.0 Å². The van der Waals surface area contributed by atoms with E-state index in [2.05, 4.69) is 157 Å². The maximum Gasteiger partial charge on any atom is 0.196 e. The smallest absolute Gasteiger partial charge is 0.196 e. The third kappa shape index (κ3) is 62.9. The van der Waals surface area contributed by atoms with Gasteiger partial charge in [-0.1, -0.05) is 236 Å². The number of thiazole rings is 3. The van der Waals surface area contributed by atoms with Crippen LogP contribution >= 0.6 is 34.0 Å². The molecular weight excluding hydrogens is 1110 g/mol. The highest BCUT2D eigenvalue weighted by atomic mass is 32.1. The van der Waals surface area contributed by atoms with E-state index in [-0.39, 0.29) is 14.9 Å². The predicted molar refractivity (Wildman–Crippen MR) is 382 cm³/mol. The van der Waals surface area contributed by atoms with E-state index < -0.39 is 0 Å². The van der Waals surface area contributed by atoms with Crippen molar-refractivity contribution >= 4 is 34.0 Å². The van der Waals surface area contributed by atoms with Gasteiger partial charge in [0.15, 0.2) is 12.3 Å². The monoisotopic (exact) mass is 1240 g/mol. The van der Waals surface area contributed by atoms with Gasteiger partial charge in [0.25, 0.3) is 0 Å². The van der Waals surface area contributed by atoms with Crippen LogP contribution in [0.3, 0.4) is 0 Å². The Kier molecular flexibility index (Phi) is 93.8. The molecule has 0 aliphatic carbocycles. The highest BCUT2D eigenvalue weighted by Gasteiger charge is 2.02. The summed E-state index contributed by atoms with van der Waals surface area (Å²) in [6.07, 6.45) is 22.3. The summed E-state index contributed by atoms with van der Waals surface area (Å²) in [5.41, 5.74) is 7.24. The minimum atomic E-state index is 0. The highest BCUT2D eigenvalue weighted by molar-refractivity contribution is 7.09. The summed E-state index contributed by atoms with van der Waals surface area (Å²) in [6.45, 7) is 65.8. The molecule has 0 spiro atoms. The van der Waals surface area contributed by atoms with Crippen molar-refractivity contribution in [3.05, 3.63) is 159 Å². The third-order valence-electron chi connectivity index (χ3n) is 8.52. The van der Waals surface area contributed by atoms with Gasteiger partial charge in [0, 0.05) is 88.4 Å². The Balaban J connectivity index is -0.0000000910. The molecule has 0 aromatic carbocycles. The summed E-state index contributed by atoms with van der Waals surface area (Å²) in [7, 11) is 0. The van der Waals surface area contributed by atoms with Crippen molar-refractivity contribution in [3.8, 4) is 0 Å². The van der Waals surface area contributed by atoms with Crippen LogP contribution in [0.15, 0.2) is 124 Å². The Hall–Kier alpha value is -5.45. The minimum absolute atomic E-state index is 0. The molecule has 0 saturated heterocycles. The fourth-order valence-corrected chi connectivity index (χ4v) is 6.44. The highest BCUT2D eigenvalue weighted by Crippen LogP contribution is 2.18. The maximum atomic E-state index is 4.98. The average molecular weight is 1240 g/mol. The Labute approximate surface area is 537 Å². The fourth-order valence-electron chi connectivity index (χ4n) is 4.43. The van der Waals surface area contributed by atoms with Crippen LogP contribution in [0.25, 0.3) is 0 Å². The zero-order valence-electron chi connectivity index (χ0n) is 58.5. The number of oxazole rings is 2. The van der Waals surface area contributed by atoms with Crippen molar-refractivity contribution in [2.45, 2.75) is 284 Å². The van der Waals surface area contributed by atoms with E-state index in [4.69, 9.17) is 8.83 Å². The van der Waals surface area contributed by atoms with Crippen LogP contribution < -0.4 is 0 Å². The van der Waals surface area contributed by atoms with Crippen LogP contribution in [0.5, 0.6) is 0 Å². The van der Waals surface area contributed by atoms with Gasteiger partial charge in [0.1, 0.15) is 30.5 Å². The average Bonchev–Trinajstić information content (AvgIpc) is 4.41. The topological polar surface area (TPSA) is 168 Å². The molecule has 0 unspecified atom stereocenters. The molecule has 8 aromatic heterocycles. The number of hydrogen-bond acceptors (Lipinski definition) is 16. The molecular formula is C69H131N11O2S3. The van der Waals surface area contributed by atoms with Crippen LogP contribution in [-0.4, -0.2) is 54.8 Å². The first-order valence-corrected chi connectivity index (χ1v) is 33.4. The zero-order valence-corrected chi connectivity index (χ0v) is 61.0. The molecule has 0 amide bonds. The maximum absolute atomic E-state index is 4.98. The first-order valence-electron chi connectivity index (χ1n) is 30.6. The van der Waals surface area contributed by atoms with Gasteiger partial charge in [-0.3, -0.25) is 4.98 Å². The first-order chi connectivity index (χ1) is 39.9. The van der Waals surface area contributed by atoms with Crippen molar-refractivity contribution < 1.29 is 8.83 Å². The van der Waals surface area contributed by atoms with Crippen molar-refractivity contribution in [3.63, 3.8) is 0 Å². The molecule has 13 nitrogen and oxygen atoms in total. The quantitative estimate of drug-likeness (QED) is 0.141. The standard InChI is InChI=1S/3C7H10N2.2C6H9NO.3C6H9NS.8C2H6.2CH4/c1-6(2)7-3-8-5-9-4-7;1-6(2)7-3-4-8-5-9-7;1-6(2)7-8-4-3-5-9-7;1-5(2)6-3-7-4-8-6;1-5(2)6-7-3-4-8-6;1-5(2)6-3-8-4-7-6;1-5(2)6-3-7-4-8-6;1-5(2)6-7-3-4-8-6;8*1-2;;/h3*3-6H,1-2H3;5*3-5H,1-2H3;8*1-2H3;2*1H4. The summed E-state index contributed by atoms with van der Waals surface area (Å²) < 4.78 is 9.97. The molecule has 0 atom stereocenters. The van der Waals surface area contributed by atoms with Gasteiger partial charge in [0.2, 0.25) is 0 Å². The SMILES string of the molecule is C.C.CC.CC.CC.CC.CC.CC.CC.CC.CC(C)c1ccncn1.CC(C)c1cncnc1.CC(C)c1cnco1.CC(C)c1cncs1.CC(C)c1cscn1.CC(C)c1ncccn1.CC(C)c1ncco1.CC(C)c1nccs1. The lowest BCUT2D eigenvalue weighted by molar-refractivity contribution is 0.471. The van der Waals surface area contributed by atoms with Gasteiger partial charge in [-0.2, -0.15) is 0 Å². The molecule has 492 valence electrons. The Morgan fingerprint density at radius 2 is 0.929 bits per heavy atom. The van der Waals surface area contributed by atoms with E-state index >= 15 is 0 Å². The number of aromatic nitrogens is 11. The predicted octanol–water partition coefficient (Wildman–Crippen LogP) is 24.7. The number of hydrogen-bond donors (Lipinski definition) is 0. The van der Waals surface area contributed by atoms with Gasteiger partial charge in [-0.05, 0) is 41.4 Å². The van der Waals surface area contributed by atoms with E-state index in [9.17, 15) is 0 Å². The van der Waals surface area contributed by atoms with E-state index in [0.29, 0.717) is 47.3 Å². The minimum Gasteiger partial charge on any atom is -0.449 e. The Bertz CT molecular complexity index is 1880. The van der Waals surface area contributed by atoms with Crippen LogP contribution in [0.1, 0.15) is 328 Å². The van der Waals surface area contributed by atoms with Crippen LogP contribution in [0.2, 0.25) is 0 Å². The largest absolute Gasteiger partial charge is 0.449 e. The normalized spacial score (nSPS) is 8.66. The van der Waals surface area contributed by atoms with Crippen LogP contribution in [0, 0.1) is 0 Å². The van der Waals surface area contributed by atoms with Crippen LogP contribution in [-0.2, 0) is 0 Å². The summed E-state index contributed by atoms with van der Waals surface area (Å²) in [5.74, 6) is 6.83. The lowest BCUT2D eigenvalue weighted by Crippen LogP contribution is -1.93. The Morgan fingerprint density at radius 3 is 1.15 bits per heavy atom. The zero-order chi connectivity index (χ0) is 66.0. The second-order valence-corrected chi connectivity index (χ2v) is 19.7. The molecule has 8 rings (SSSR count). The summed E-state index contributed by atoms with van der Waals surface area (Å²) in [6, 6.07) is 3.76. The first kappa shape index (κ1) is 101. The van der Waals surface area contributed by atoms with Crippen molar-refractivity contribution in [2.24, 2.45) is 0 Å². The van der Waals surface area contributed by atoms with E-state index in [1.165, 1.54) is 27.5 Å². The Morgan fingerprint density at radius 1 is 0.388 bits per heavy atom. The lowest BCUT2D eigenvalue weighted by Gasteiger charge is -1.99. The molecule has 0 aliphatic heterocycles. The second-order valence-electron chi connectivity index (χ2n) is 17.1. The second kappa shape index (κ2) is 78.5. The molecule has 8 heterocycles. The summed E-state index contributed by atoms with van der Waals surface area (Å²) in [4.78, 5) is 45.1.